The van der Waals surface area contributed by atoms with E-state index in [0.29, 0.717) is 0 Å². The van der Waals surface area contributed by atoms with E-state index < -0.39 is 104 Å². The summed E-state index contributed by atoms with van der Waals surface area (Å²) in [5, 5.41) is 80.7. The van der Waals surface area contributed by atoms with E-state index in [2.05, 4.69) is 0 Å². The van der Waals surface area contributed by atoms with Crippen molar-refractivity contribution in [3.05, 3.63) is 57.6 Å². The number of hydrogen-bond donors (Lipinski definition) is 12. The number of rotatable bonds is 17. The second-order valence-corrected chi connectivity index (χ2v) is 12.9. The van der Waals surface area contributed by atoms with Gasteiger partial charge in [-0.3, -0.25) is 18.9 Å². The van der Waals surface area contributed by atoms with E-state index in [1.165, 1.54) is 18.2 Å². The van der Waals surface area contributed by atoms with Gasteiger partial charge < -0.3 is 60.4 Å². The van der Waals surface area contributed by atoms with Crippen LogP contribution in [0.15, 0.2) is 24.3 Å². The van der Waals surface area contributed by atoms with Crippen LogP contribution in [0.4, 0.5) is 0 Å². The van der Waals surface area contributed by atoms with Crippen molar-refractivity contribution < 1.29 is 116 Å². The first-order valence-electron chi connectivity index (χ1n) is 12.5. The maximum absolute atomic E-state index is 12.1. The first-order valence-corrected chi connectivity index (χ1v) is 16.1. The molecular formula is C24H38FeN2NaO14P2+3. The minimum absolute atomic E-state index is 0. The minimum atomic E-state index is -4.93. The molecule has 0 amide bonds. The van der Waals surface area contributed by atoms with Crippen LogP contribution in [-0.2, 0) is 65.7 Å². The Balaban J connectivity index is 0.00000924. The second-order valence-electron chi connectivity index (χ2n) is 9.69. The quantitative estimate of drug-likeness (QED) is 0.0541. The number of aliphatic hydroxyl groups excluding tert-OH is 6. The number of phenols is 2. The number of aromatic hydroxyl groups is 2. The van der Waals surface area contributed by atoms with E-state index in [1.807, 2.05) is 0 Å². The summed E-state index contributed by atoms with van der Waals surface area (Å²) in [4.78, 5) is 41.2. The number of phenolic OH excluding ortho intramolecular Hbond substituents is 2. The van der Waals surface area contributed by atoms with Crippen LogP contribution in [0.3, 0.4) is 0 Å². The Kier molecular flexibility index (Phi) is 19.2. The predicted octanol–water partition coefficient (Wildman–Crippen LogP) is -4.64. The van der Waals surface area contributed by atoms with Crippen molar-refractivity contribution >= 4 is 15.2 Å². The summed E-state index contributed by atoms with van der Waals surface area (Å²) in [6.07, 6.45) is -2.12. The normalized spacial score (nSPS) is 13.5. The minimum Gasteiger partial charge on any atom is -0.508 e. The van der Waals surface area contributed by atoms with Gasteiger partial charge in [-0.15, -0.1) is 0 Å². The van der Waals surface area contributed by atoms with Crippen molar-refractivity contribution in [1.82, 2.24) is 9.80 Å². The molecule has 20 heteroatoms. The molecule has 0 radical (unpaired) electrons. The molecule has 44 heavy (non-hydrogen) atoms. The number of nitrogens with zero attached hydrogens (tertiary/aromatic N) is 2. The smallest absolute Gasteiger partial charge is 0.508 e. The average molecular weight is 719 g/mol. The van der Waals surface area contributed by atoms with Crippen molar-refractivity contribution in [2.75, 3.05) is 25.8 Å². The molecule has 0 aliphatic rings. The van der Waals surface area contributed by atoms with Gasteiger partial charge in [-0.1, -0.05) is 12.1 Å². The number of aliphatic hydroxyl groups is 6. The predicted molar refractivity (Wildman–Crippen MR) is 147 cm³/mol. The SMILES string of the molecule is O=P(O)(O)CN(Cc1c(O)cc(CO)cc1CO)C(CO)C(CO)N(Cc1c(O)ccc(CO)c1CO)CP(=O)(O)O.[Fe+2].[Na+]. The van der Waals surface area contributed by atoms with E-state index >= 15 is 0 Å². The molecule has 0 aliphatic heterocycles. The van der Waals surface area contributed by atoms with Gasteiger partial charge in [0.05, 0.1) is 51.7 Å². The molecule has 0 heterocycles. The van der Waals surface area contributed by atoms with Gasteiger partial charge in [0.25, 0.3) is 0 Å². The summed E-state index contributed by atoms with van der Waals surface area (Å²) < 4.78 is 24.3. The van der Waals surface area contributed by atoms with Gasteiger partial charge in [0, 0.05) is 24.2 Å². The van der Waals surface area contributed by atoms with Gasteiger partial charge in [0.1, 0.15) is 24.1 Å². The maximum atomic E-state index is 12.1. The largest absolute Gasteiger partial charge is 2.00 e. The van der Waals surface area contributed by atoms with Gasteiger partial charge in [-0.05, 0) is 34.4 Å². The van der Waals surface area contributed by atoms with Gasteiger partial charge in [-0.25, -0.2) is 0 Å². The summed E-state index contributed by atoms with van der Waals surface area (Å²) >= 11 is 0. The van der Waals surface area contributed by atoms with E-state index in [1.54, 1.807) is 0 Å². The van der Waals surface area contributed by atoms with Crippen molar-refractivity contribution in [1.29, 1.82) is 0 Å². The van der Waals surface area contributed by atoms with Crippen molar-refractivity contribution in [2.45, 2.75) is 51.6 Å². The van der Waals surface area contributed by atoms with Crippen LogP contribution in [0.1, 0.15) is 33.4 Å². The Morgan fingerprint density at radius 3 is 1.48 bits per heavy atom. The summed E-state index contributed by atoms with van der Waals surface area (Å²) in [5.41, 5.74) is 0.453. The zero-order chi connectivity index (χ0) is 31.8. The third kappa shape index (κ3) is 12.3. The van der Waals surface area contributed by atoms with E-state index in [4.69, 9.17) is 0 Å². The molecule has 0 spiro atoms. The molecule has 12 N–H and O–H groups in total. The monoisotopic (exact) mass is 719 g/mol. The molecule has 0 saturated heterocycles. The first-order chi connectivity index (χ1) is 19.6. The molecule has 2 aromatic rings. The number of hydrogen-bond acceptors (Lipinski definition) is 12. The fourth-order valence-electron chi connectivity index (χ4n) is 4.83. The molecule has 2 unspecified atom stereocenters. The maximum Gasteiger partial charge on any atom is 2.00 e. The molecule has 0 saturated carbocycles. The van der Waals surface area contributed by atoms with Crippen molar-refractivity contribution in [2.24, 2.45) is 0 Å². The standard InChI is InChI=1S/C24H38N2O14P2.Fe.Na/c27-7-15-3-17(9-29)18(24(34)4-15)5-25(13-41(35,36)37)21(11-31)22(12-32)26(14-42(38,39)40)6-19-20(10-30)16(8-28)1-2-23(19)33;;/h1-4,21-22,27-34H,5-14H2,(H2,35,36,37)(H2,38,39,40);;/q;+2;+1. The van der Waals surface area contributed by atoms with E-state index in [-0.39, 0.29) is 80.0 Å². The first kappa shape index (κ1) is 43.5. The topological polar surface area (TPSA) is 283 Å². The van der Waals surface area contributed by atoms with Crippen LogP contribution in [-0.4, -0.2) is 108 Å². The Morgan fingerprint density at radius 1 is 0.614 bits per heavy atom. The third-order valence-electron chi connectivity index (χ3n) is 6.77. The van der Waals surface area contributed by atoms with Gasteiger partial charge in [-0.2, -0.15) is 0 Å². The summed E-state index contributed by atoms with van der Waals surface area (Å²) in [6, 6.07) is 2.06. The summed E-state index contributed by atoms with van der Waals surface area (Å²) in [6.45, 7) is -5.32. The molecule has 16 nitrogen and oxygen atoms in total. The Bertz CT molecular complexity index is 1300. The Hall–Kier alpha value is -0.461. The summed E-state index contributed by atoms with van der Waals surface area (Å²) in [5.74, 6) is -0.873. The van der Waals surface area contributed by atoms with Crippen molar-refractivity contribution in [3.8, 4) is 11.5 Å². The molecular weight excluding hydrogens is 681 g/mol. The van der Waals surface area contributed by atoms with Crippen LogP contribution in [0, 0.1) is 0 Å². The molecule has 0 fully saturated rings. The van der Waals surface area contributed by atoms with Gasteiger partial charge in [0.2, 0.25) is 0 Å². The van der Waals surface area contributed by atoms with Gasteiger partial charge >= 0.3 is 61.8 Å². The second kappa shape index (κ2) is 19.4. The summed E-state index contributed by atoms with van der Waals surface area (Å²) in [7, 11) is -9.85. The zero-order valence-corrected chi connectivity index (χ0v) is 28.8. The fraction of sp³-hybridized carbons (Fsp3) is 0.500. The van der Waals surface area contributed by atoms with Crippen LogP contribution in [0.2, 0.25) is 0 Å². The molecule has 0 bridgehead atoms. The van der Waals surface area contributed by atoms with Crippen LogP contribution >= 0.6 is 15.2 Å². The third-order valence-corrected chi connectivity index (χ3v) is 8.24. The van der Waals surface area contributed by atoms with Crippen molar-refractivity contribution in [3.63, 3.8) is 0 Å². The van der Waals surface area contributed by atoms with Crippen LogP contribution in [0.25, 0.3) is 0 Å². The molecule has 0 aromatic heterocycles. The molecule has 244 valence electrons. The Morgan fingerprint density at radius 2 is 1.09 bits per heavy atom. The average Bonchev–Trinajstić information content (AvgIpc) is 2.91. The van der Waals surface area contributed by atoms with Crippen LogP contribution in [0.5, 0.6) is 11.5 Å². The van der Waals surface area contributed by atoms with Gasteiger partial charge in [0.15, 0.2) is 0 Å². The zero-order valence-electron chi connectivity index (χ0n) is 23.9. The molecule has 2 rings (SSSR count). The number of benzene rings is 2. The Labute approximate surface area is 286 Å². The van der Waals surface area contributed by atoms with E-state index in [9.17, 15) is 69.6 Å². The van der Waals surface area contributed by atoms with E-state index in [0.717, 1.165) is 15.9 Å². The molecule has 2 atom stereocenters. The molecule has 0 aliphatic carbocycles. The van der Waals surface area contributed by atoms with Crippen LogP contribution < -0.4 is 29.6 Å². The molecule has 2 aromatic carbocycles. The fourth-order valence-corrected chi connectivity index (χ4v) is 6.40.